The zero-order valence-electron chi connectivity index (χ0n) is 57.4. The molecular formula is C70H125O24P. The maximum atomic E-state index is 14.3. The molecule has 3 rings (SSSR count). The van der Waals surface area contributed by atoms with Crippen LogP contribution in [-0.2, 0) is 61.2 Å². The number of carbonyl (C=O) groups is 3. The third kappa shape index (κ3) is 35.9. The van der Waals surface area contributed by atoms with Gasteiger partial charge in [0.2, 0.25) is 0 Å². The van der Waals surface area contributed by atoms with E-state index in [2.05, 4.69) is 32.9 Å². The molecule has 2 heterocycles. The van der Waals surface area contributed by atoms with Crippen LogP contribution in [0.5, 0.6) is 0 Å². The summed E-state index contributed by atoms with van der Waals surface area (Å²) < 4.78 is 64.6. The molecular weight excluding hydrogens is 1260 g/mol. The third-order valence-electron chi connectivity index (χ3n) is 17.8. The number of phosphoric acid groups is 1. The number of phosphoric ester groups is 1. The molecule has 95 heavy (non-hydrogen) atoms. The van der Waals surface area contributed by atoms with Crippen molar-refractivity contribution in [3.8, 4) is 0 Å². The topological polar surface area (TPSA) is 374 Å². The highest BCUT2D eigenvalue weighted by Crippen LogP contribution is 2.49. The fourth-order valence-corrected chi connectivity index (χ4v) is 12.7. The Morgan fingerprint density at radius 3 is 1.26 bits per heavy atom. The molecule has 2 saturated heterocycles. The van der Waals surface area contributed by atoms with Gasteiger partial charge in [0, 0.05) is 18.9 Å². The predicted molar refractivity (Wildman–Crippen MR) is 356 cm³/mol. The minimum atomic E-state index is -5.72. The van der Waals surface area contributed by atoms with Crippen molar-refractivity contribution in [2.75, 3.05) is 26.4 Å². The van der Waals surface area contributed by atoms with Gasteiger partial charge in [-0.25, -0.2) is 9.36 Å². The van der Waals surface area contributed by atoms with Gasteiger partial charge in [-0.2, -0.15) is 0 Å². The summed E-state index contributed by atoms with van der Waals surface area (Å²) in [7, 11) is -5.72. The van der Waals surface area contributed by atoms with Crippen molar-refractivity contribution in [1.29, 1.82) is 0 Å². The number of unbranched alkanes of at least 4 members (excludes halogenated alkanes) is 31. The molecule has 18 atom stereocenters. The van der Waals surface area contributed by atoms with Gasteiger partial charge >= 0.3 is 25.7 Å². The van der Waals surface area contributed by atoms with E-state index in [0.29, 0.717) is 12.8 Å². The second-order valence-corrected chi connectivity index (χ2v) is 27.4. The first-order chi connectivity index (χ1) is 45.8. The van der Waals surface area contributed by atoms with Crippen LogP contribution in [0.4, 0.5) is 0 Å². The smallest absolute Gasteiger partial charge is 0.463 e. The van der Waals surface area contributed by atoms with E-state index >= 15 is 0 Å². The number of hydrogen-bond donors (Lipinski definition) is 11. The summed E-state index contributed by atoms with van der Waals surface area (Å²) in [6.45, 7) is 3.28. The number of aliphatic hydroxyl groups excluding tert-OH is 10. The molecule has 0 aromatic carbocycles. The van der Waals surface area contributed by atoms with Crippen molar-refractivity contribution < 1.29 is 117 Å². The van der Waals surface area contributed by atoms with E-state index in [1.807, 2.05) is 6.08 Å². The fourth-order valence-electron chi connectivity index (χ4n) is 11.8. The largest absolute Gasteiger partial charge is 0.472 e. The monoisotopic (exact) mass is 1380 g/mol. The van der Waals surface area contributed by atoms with Crippen LogP contribution in [-0.4, -0.2) is 204 Å². The molecule has 1 aliphatic carbocycles. The number of carbonyl (C=O) groups excluding carboxylic acids is 3. The van der Waals surface area contributed by atoms with Crippen molar-refractivity contribution >= 4 is 25.7 Å². The molecule has 25 heteroatoms. The average molecular weight is 1380 g/mol. The van der Waals surface area contributed by atoms with Crippen molar-refractivity contribution in [2.45, 2.75) is 362 Å². The Labute approximate surface area is 566 Å². The summed E-state index contributed by atoms with van der Waals surface area (Å²) in [5.41, 5.74) is 0. The third-order valence-corrected chi connectivity index (χ3v) is 18.7. The molecule has 3 fully saturated rings. The Morgan fingerprint density at radius 1 is 0.432 bits per heavy atom. The number of hydrogen-bond acceptors (Lipinski definition) is 23. The summed E-state index contributed by atoms with van der Waals surface area (Å²) in [6, 6.07) is 0. The van der Waals surface area contributed by atoms with Crippen LogP contribution in [0.15, 0.2) is 36.5 Å². The van der Waals surface area contributed by atoms with E-state index in [0.717, 1.165) is 96.0 Å². The Hall–Kier alpha value is -2.82. The zero-order valence-corrected chi connectivity index (χ0v) is 58.3. The standard InChI is InChI=1S/C70H125O24P/c1-4-7-10-13-16-19-22-24-26-28-31-34-37-40-43-46-56(74)89-51(48-86-54(72)44-41-38-35-33-30-27-25-23-20-17-14-11-8-5-2)49-88-95(84,85)94-68-66(92-69-64(82)59(77)57(75)52(47-71)90-69)62(80)61(79)63(81)67(68)93-70-65(83)60(78)58(76)53(91-70)50-87-55(73)45-42-39-36-32-29-21-18-15-12-9-6-3/h27,30,37,40,43,46,51-53,57-71,75-83H,4-26,28-29,31-36,38-39,41-42,44-45,47-50H2,1-3H3,(H,84,85)/b30-27-,40-37+,46-43+. The predicted octanol–water partition coefficient (Wildman–Crippen LogP) is 9.12. The molecule has 0 aromatic heterocycles. The normalized spacial score (nSPS) is 28.3. The number of aliphatic hydroxyl groups is 10. The first kappa shape index (κ1) is 86.4. The van der Waals surface area contributed by atoms with E-state index in [-0.39, 0.29) is 12.8 Å². The molecule has 24 nitrogen and oxygen atoms in total. The lowest BCUT2D eigenvalue weighted by atomic mass is 9.84. The van der Waals surface area contributed by atoms with Crippen LogP contribution in [0.1, 0.15) is 258 Å². The summed E-state index contributed by atoms with van der Waals surface area (Å²) in [6.07, 6.45) is 13.1. The lowest BCUT2D eigenvalue weighted by Crippen LogP contribution is -2.69. The van der Waals surface area contributed by atoms with Crippen molar-refractivity contribution in [2.24, 2.45) is 0 Å². The Bertz CT molecular complexity index is 2120. The Morgan fingerprint density at radius 2 is 0.811 bits per heavy atom. The first-order valence-corrected chi connectivity index (χ1v) is 37.8. The van der Waals surface area contributed by atoms with Crippen molar-refractivity contribution in [3.05, 3.63) is 36.5 Å². The maximum Gasteiger partial charge on any atom is 0.472 e. The fraction of sp³-hybridized carbons (Fsp3) is 0.871. The second kappa shape index (κ2) is 52.2. The van der Waals surface area contributed by atoms with Crippen LogP contribution in [0, 0.1) is 0 Å². The quantitative estimate of drug-likeness (QED) is 0.00514. The number of rotatable bonds is 55. The first-order valence-electron chi connectivity index (χ1n) is 36.3. The maximum absolute atomic E-state index is 14.3. The molecule has 1 saturated carbocycles. The van der Waals surface area contributed by atoms with Crippen LogP contribution in [0.2, 0.25) is 0 Å². The highest BCUT2D eigenvalue weighted by Gasteiger charge is 2.58. The number of ether oxygens (including phenoxy) is 7. The van der Waals surface area contributed by atoms with Gasteiger partial charge in [0.15, 0.2) is 18.7 Å². The Balaban J connectivity index is 1.78. The molecule has 0 aromatic rings. The van der Waals surface area contributed by atoms with Crippen LogP contribution >= 0.6 is 7.82 Å². The molecule has 0 spiro atoms. The van der Waals surface area contributed by atoms with Crippen LogP contribution < -0.4 is 0 Å². The van der Waals surface area contributed by atoms with Gasteiger partial charge in [-0.05, 0) is 51.4 Å². The van der Waals surface area contributed by atoms with E-state index in [1.165, 1.54) is 128 Å². The van der Waals surface area contributed by atoms with Gasteiger partial charge in [-0.15, -0.1) is 0 Å². The highest BCUT2D eigenvalue weighted by molar-refractivity contribution is 7.47. The molecule has 0 radical (unpaired) electrons. The van der Waals surface area contributed by atoms with Gasteiger partial charge in [0.25, 0.3) is 0 Å². The Kier molecular flexibility index (Phi) is 47.5. The van der Waals surface area contributed by atoms with Crippen LogP contribution in [0.25, 0.3) is 0 Å². The summed E-state index contributed by atoms with van der Waals surface area (Å²) in [5.74, 6) is -2.27. The minimum Gasteiger partial charge on any atom is -0.463 e. The lowest BCUT2D eigenvalue weighted by molar-refractivity contribution is -0.360. The van der Waals surface area contributed by atoms with Gasteiger partial charge in [-0.3, -0.25) is 18.6 Å². The molecule has 11 N–H and O–H groups in total. The van der Waals surface area contributed by atoms with Gasteiger partial charge < -0.3 is 89.1 Å². The minimum absolute atomic E-state index is 0.00483. The van der Waals surface area contributed by atoms with Gasteiger partial charge in [-0.1, -0.05) is 225 Å². The van der Waals surface area contributed by atoms with Crippen molar-refractivity contribution in [3.63, 3.8) is 0 Å². The molecule has 0 amide bonds. The summed E-state index contributed by atoms with van der Waals surface area (Å²) >= 11 is 0. The zero-order chi connectivity index (χ0) is 69.6. The molecule has 554 valence electrons. The molecule has 0 bridgehead atoms. The van der Waals surface area contributed by atoms with E-state index in [1.54, 1.807) is 6.08 Å². The average Bonchev–Trinajstić information content (AvgIpc) is 0.766. The molecule has 18 unspecified atom stereocenters. The summed E-state index contributed by atoms with van der Waals surface area (Å²) in [5, 5.41) is 110. The number of allylic oxidation sites excluding steroid dienone is 5. The molecule has 3 aliphatic rings. The number of esters is 3. The van der Waals surface area contributed by atoms with E-state index < -0.39 is 156 Å². The summed E-state index contributed by atoms with van der Waals surface area (Å²) in [4.78, 5) is 50.7. The van der Waals surface area contributed by atoms with E-state index in [9.17, 15) is 74.9 Å². The lowest BCUT2D eigenvalue weighted by Gasteiger charge is -2.49. The second-order valence-electron chi connectivity index (χ2n) is 26.0. The SMILES string of the molecule is CCCCCCCCC/C=C\CCCCCC(=O)OCC(COP(=O)(O)OC1C(OC2OC(CO)C(O)C(O)C2O)C(O)C(O)C(O)C1OC1OC(COC(=O)CCCCCCCCCCCCC)C(O)C(O)C1O)OC(=O)/C=C/C=C/CCCCCCCCCCCCC. The van der Waals surface area contributed by atoms with Crippen LogP contribution in [0.3, 0.4) is 0 Å². The molecule has 2 aliphatic heterocycles. The van der Waals surface area contributed by atoms with E-state index in [4.69, 9.17) is 42.2 Å². The van der Waals surface area contributed by atoms with Gasteiger partial charge in [0.05, 0.1) is 13.2 Å². The van der Waals surface area contributed by atoms with Crippen molar-refractivity contribution in [1.82, 2.24) is 0 Å². The highest BCUT2D eigenvalue weighted by atomic mass is 31.2. The van der Waals surface area contributed by atoms with Gasteiger partial charge in [0.1, 0.15) is 98.7 Å².